The summed E-state index contributed by atoms with van der Waals surface area (Å²) >= 11 is 0. The zero-order valence-electron chi connectivity index (χ0n) is 10.6. The summed E-state index contributed by atoms with van der Waals surface area (Å²) in [6.45, 7) is 10.5. The fraction of sp³-hybridized carbons (Fsp3) is 0.917. The quantitative estimate of drug-likeness (QED) is 0.676. The molecule has 0 spiro atoms. The van der Waals surface area contributed by atoms with Gasteiger partial charge in [-0.05, 0) is 26.2 Å². The lowest BCUT2D eigenvalue weighted by Crippen LogP contribution is -2.26. The van der Waals surface area contributed by atoms with E-state index in [1.54, 1.807) is 7.11 Å². The Labute approximate surface area is 92.1 Å². The number of hydrogen-bond acceptors (Lipinski definition) is 3. The minimum Gasteiger partial charge on any atom is -0.460 e. The van der Waals surface area contributed by atoms with Crippen LogP contribution in [-0.2, 0) is 14.3 Å². The summed E-state index contributed by atoms with van der Waals surface area (Å²) in [5.41, 5.74) is -0.369. The normalized spacial score (nSPS) is 28.7. The molecule has 0 heterocycles. The molecule has 88 valence electrons. The molecule has 2 atom stereocenters. The van der Waals surface area contributed by atoms with E-state index < -0.39 is 5.60 Å². The number of methoxy groups -OCH3 is 1. The second-order valence-electron chi connectivity index (χ2n) is 5.89. The van der Waals surface area contributed by atoms with Crippen LogP contribution in [-0.4, -0.2) is 25.3 Å². The first kappa shape index (κ1) is 12.5. The van der Waals surface area contributed by atoms with Crippen molar-refractivity contribution in [1.82, 2.24) is 0 Å². The van der Waals surface area contributed by atoms with Crippen LogP contribution in [0.4, 0.5) is 0 Å². The maximum atomic E-state index is 11.8. The molecular formula is C12H22O3. The molecule has 0 amide bonds. The van der Waals surface area contributed by atoms with Gasteiger partial charge in [-0.3, -0.25) is 4.79 Å². The van der Waals surface area contributed by atoms with Crippen LogP contribution >= 0.6 is 0 Å². The van der Waals surface area contributed by atoms with Gasteiger partial charge in [-0.25, -0.2) is 0 Å². The molecular weight excluding hydrogens is 192 g/mol. The van der Waals surface area contributed by atoms with Gasteiger partial charge in [-0.1, -0.05) is 13.8 Å². The Kier molecular flexibility index (Phi) is 3.15. The zero-order valence-corrected chi connectivity index (χ0v) is 10.6. The summed E-state index contributed by atoms with van der Waals surface area (Å²) in [6.07, 6.45) is 0. The number of esters is 1. The monoisotopic (exact) mass is 214 g/mol. The predicted molar refractivity (Wildman–Crippen MR) is 58.5 cm³/mol. The highest BCUT2D eigenvalue weighted by Crippen LogP contribution is 2.58. The molecule has 0 aliphatic heterocycles. The zero-order chi connectivity index (χ0) is 11.9. The van der Waals surface area contributed by atoms with Crippen molar-refractivity contribution in [3.05, 3.63) is 0 Å². The van der Waals surface area contributed by atoms with Crippen LogP contribution in [0.3, 0.4) is 0 Å². The molecule has 1 rings (SSSR count). The van der Waals surface area contributed by atoms with E-state index in [4.69, 9.17) is 9.47 Å². The van der Waals surface area contributed by atoms with Crippen LogP contribution < -0.4 is 0 Å². The van der Waals surface area contributed by atoms with Crippen molar-refractivity contribution in [3.8, 4) is 0 Å². The number of carbonyl (C=O) groups is 1. The smallest absolute Gasteiger partial charge is 0.310 e. The Balaban J connectivity index is 2.56. The van der Waals surface area contributed by atoms with Gasteiger partial charge in [-0.15, -0.1) is 0 Å². The van der Waals surface area contributed by atoms with E-state index in [1.165, 1.54) is 0 Å². The summed E-state index contributed by atoms with van der Waals surface area (Å²) < 4.78 is 10.5. The van der Waals surface area contributed by atoms with E-state index in [9.17, 15) is 4.79 Å². The fourth-order valence-corrected chi connectivity index (χ4v) is 2.07. The number of carbonyl (C=O) groups excluding carboxylic acids is 1. The molecule has 1 aliphatic rings. The average molecular weight is 214 g/mol. The first-order chi connectivity index (χ1) is 6.70. The topological polar surface area (TPSA) is 35.5 Å². The molecule has 1 saturated carbocycles. The van der Waals surface area contributed by atoms with Gasteiger partial charge >= 0.3 is 5.97 Å². The first-order valence-corrected chi connectivity index (χ1v) is 5.42. The van der Waals surface area contributed by atoms with Gasteiger partial charge in [0.15, 0.2) is 0 Å². The van der Waals surface area contributed by atoms with Gasteiger partial charge in [0, 0.05) is 13.0 Å². The first-order valence-electron chi connectivity index (χ1n) is 5.42. The average Bonchev–Trinajstić information content (AvgIpc) is 2.50. The van der Waals surface area contributed by atoms with Crippen LogP contribution in [0.1, 0.15) is 34.6 Å². The van der Waals surface area contributed by atoms with Gasteiger partial charge in [-0.2, -0.15) is 0 Å². The third-order valence-electron chi connectivity index (χ3n) is 3.06. The Bertz CT molecular complexity index is 250. The lowest BCUT2D eigenvalue weighted by molar-refractivity contribution is -0.157. The molecule has 3 nitrogen and oxygen atoms in total. The van der Waals surface area contributed by atoms with Crippen molar-refractivity contribution in [2.45, 2.75) is 40.2 Å². The molecule has 15 heavy (non-hydrogen) atoms. The van der Waals surface area contributed by atoms with Crippen molar-refractivity contribution in [2.24, 2.45) is 17.3 Å². The fourth-order valence-electron chi connectivity index (χ4n) is 2.07. The van der Waals surface area contributed by atoms with Crippen LogP contribution in [0.5, 0.6) is 0 Å². The molecule has 1 aliphatic carbocycles. The lowest BCUT2D eigenvalue weighted by Gasteiger charge is -2.20. The maximum Gasteiger partial charge on any atom is 0.310 e. The van der Waals surface area contributed by atoms with Crippen LogP contribution in [0, 0.1) is 17.3 Å². The molecule has 0 N–H and O–H groups in total. The Morgan fingerprint density at radius 1 is 1.33 bits per heavy atom. The Hall–Kier alpha value is -0.570. The largest absolute Gasteiger partial charge is 0.460 e. The molecule has 0 aromatic carbocycles. The Morgan fingerprint density at radius 3 is 2.27 bits per heavy atom. The predicted octanol–water partition coefficient (Wildman–Crippen LogP) is 2.25. The summed E-state index contributed by atoms with van der Waals surface area (Å²) in [5, 5.41) is 0. The molecule has 2 unspecified atom stereocenters. The molecule has 0 aromatic rings. The minimum absolute atomic E-state index is 0.00308. The van der Waals surface area contributed by atoms with Crippen LogP contribution in [0.2, 0.25) is 0 Å². The number of ether oxygens (including phenoxy) is 2. The van der Waals surface area contributed by atoms with Crippen molar-refractivity contribution >= 4 is 5.97 Å². The second-order valence-corrected chi connectivity index (χ2v) is 5.89. The molecule has 0 radical (unpaired) electrons. The minimum atomic E-state index is -0.395. The van der Waals surface area contributed by atoms with Crippen molar-refractivity contribution < 1.29 is 14.3 Å². The standard InChI is InChI=1S/C12H22O3/c1-11(2,3)15-10(13)9-8(7-14-6)12(9,4)5/h8-9H,7H2,1-6H3. The number of hydrogen-bond donors (Lipinski definition) is 0. The third kappa shape index (κ3) is 2.71. The number of rotatable bonds is 3. The maximum absolute atomic E-state index is 11.8. The van der Waals surface area contributed by atoms with Gasteiger partial charge in [0.2, 0.25) is 0 Å². The lowest BCUT2D eigenvalue weighted by atomic mass is 10.1. The van der Waals surface area contributed by atoms with Gasteiger partial charge in [0.05, 0.1) is 12.5 Å². The molecule has 0 saturated heterocycles. The molecule has 0 aromatic heterocycles. The highest BCUT2D eigenvalue weighted by molar-refractivity contribution is 5.78. The van der Waals surface area contributed by atoms with E-state index in [0.29, 0.717) is 12.5 Å². The van der Waals surface area contributed by atoms with E-state index in [2.05, 4.69) is 13.8 Å². The summed E-state index contributed by atoms with van der Waals surface area (Å²) in [6, 6.07) is 0. The van der Waals surface area contributed by atoms with Crippen molar-refractivity contribution in [1.29, 1.82) is 0 Å². The highest BCUT2D eigenvalue weighted by Gasteiger charge is 2.62. The van der Waals surface area contributed by atoms with Crippen LogP contribution in [0.25, 0.3) is 0 Å². The van der Waals surface area contributed by atoms with Gasteiger partial charge < -0.3 is 9.47 Å². The van der Waals surface area contributed by atoms with Gasteiger partial charge in [0.1, 0.15) is 5.60 Å². The summed E-state index contributed by atoms with van der Waals surface area (Å²) in [7, 11) is 1.67. The molecule has 3 heteroatoms. The second kappa shape index (κ2) is 3.78. The Morgan fingerprint density at radius 2 is 1.87 bits per heavy atom. The van der Waals surface area contributed by atoms with E-state index >= 15 is 0 Å². The SMILES string of the molecule is COCC1C(C(=O)OC(C)(C)C)C1(C)C. The summed E-state index contributed by atoms with van der Waals surface area (Å²) in [5.74, 6) is 0.212. The van der Waals surface area contributed by atoms with E-state index in [-0.39, 0.29) is 17.3 Å². The van der Waals surface area contributed by atoms with E-state index in [0.717, 1.165) is 0 Å². The van der Waals surface area contributed by atoms with Crippen molar-refractivity contribution in [3.63, 3.8) is 0 Å². The molecule has 1 fully saturated rings. The summed E-state index contributed by atoms with van der Waals surface area (Å²) in [4.78, 5) is 11.8. The highest BCUT2D eigenvalue weighted by atomic mass is 16.6. The van der Waals surface area contributed by atoms with Crippen molar-refractivity contribution in [2.75, 3.05) is 13.7 Å². The van der Waals surface area contributed by atoms with Gasteiger partial charge in [0.25, 0.3) is 0 Å². The van der Waals surface area contributed by atoms with Crippen LogP contribution in [0.15, 0.2) is 0 Å². The molecule has 0 bridgehead atoms. The van der Waals surface area contributed by atoms with E-state index in [1.807, 2.05) is 20.8 Å². The third-order valence-corrected chi connectivity index (χ3v) is 3.06.